The zero-order valence-corrected chi connectivity index (χ0v) is 23.8. The molecule has 0 spiro atoms. The van der Waals surface area contributed by atoms with Crippen LogP contribution in [0.4, 0.5) is 0 Å². The van der Waals surface area contributed by atoms with Crippen molar-refractivity contribution < 1.29 is 14.3 Å². The second kappa shape index (κ2) is 10.0. The van der Waals surface area contributed by atoms with Gasteiger partial charge in [0.1, 0.15) is 6.10 Å². The number of esters is 1. The zero-order valence-electron chi connectivity index (χ0n) is 23.8. The highest BCUT2D eigenvalue weighted by Gasteiger charge is 2.68. The normalized spacial score (nSPS) is 43.6. The van der Waals surface area contributed by atoms with Gasteiger partial charge in [0.15, 0.2) is 0 Å². The Morgan fingerprint density at radius 3 is 2.31 bits per heavy atom. The molecule has 0 aliphatic heterocycles. The molecule has 4 aliphatic rings. The van der Waals surface area contributed by atoms with E-state index in [1.807, 2.05) is 0 Å². The summed E-state index contributed by atoms with van der Waals surface area (Å²) in [6.07, 6.45) is 14.4. The third-order valence-corrected chi connectivity index (χ3v) is 11.7. The highest BCUT2D eigenvalue weighted by atomic mass is 16.5. The molecular formula is C31H53NO3. The highest BCUT2D eigenvalue weighted by molar-refractivity contribution is 5.74. The topological polar surface area (TPSA) is 55.4 Å². The summed E-state index contributed by atoms with van der Waals surface area (Å²) in [5.41, 5.74) is -0.0275. The molecular weight excluding hydrogens is 434 g/mol. The standard InChI is InChI=1S/C31H53NO3/c1-20(2)11-10-12-21(3)25-13-14-26-24-19-28(35-23(5)34)31(32-22(4)33)17-9-8-16-30(31,7)27(24)15-18-29(25,26)6/h20-21,24-28H,8-19H2,1-7H3,(H,32,33)/t21-,24+,25-,26+,27+,28-,29-,30-,31+/m1/s1. The molecule has 0 aromatic rings. The minimum atomic E-state index is -0.417. The van der Waals surface area contributed by atoms with Crippen LogP contribution in [0.1, 0.15) is 126 Å². The second-order valence-electron chi connectivity index (χ2n) is 14.0. The fraction of sp³-hybridized carbons (Fsp3) is 0.935. The molecule has 4 rings (SSSR count). The minimum absolute atomic E-state index is 0.0117. The van der Waals surface area contributed by atoms with Gasteiger partial charge in [0, 0.05) is 13.8 Å². The largest absolute Gasteiger partial charge is 0.460 e. The van der Waals surface area contributed by atoms with Gasteiger partial charge in [-0.2, -0.15) is 0 Å². The first-order chi connectivity index (χ1) is 16.4. The number of carbonyl (C=O) groups is 2. The number of amides is 1. The highest BCUT2D eigenvalue weighted by Crippen LogP contribution is 2.69. The van der Waals surface area contributed by atoms with Crippen molar-refractivity contribution in [3.05, 3.63) is 0 Å². The van der Waals surface area contributed by atoms with E-state index in [1.165, 1.54) is 51.4 Å². The second-order valence-corrected chi connectivity index (χ2v) is 14.0. The van der Waals surface area contributed by atoms with Gasteiger partial charge >= 0.3 is 5.97 Å². The predicted octanol–water partition coefficient (Wildman–Crippen LogP) is 7.30. The summed E-state index contributed by atoms with van der Waals surface area (Å²) < 4.78 is 6.16. The summed E-state index contributed by atoms with van der Waals surface area (Å²) in [5, 5.41) is 3.44. The fourth-order valence-corrected chi connectivity index (χ4v) is 10.3. The Hall–Kier alpha value is -1.06. The molecule has 0 radical (unpaired) electrons. The molecule has 4 aliphatic carbocycles. The van der Waals surface area contributed by atoms with Gasteiger partial charge in [0.2, 0.25) is 5.91 Å². The Bertz CT molecular complexity index is 794. The SMILES string of the molecule is CC(=O)N[C@]12CCCC[C@]1(C)[C@H]1CC[C@]3(C)[C@@H]([C@H](C)CCCC(C)C)CC[C@H]3[C@@H]1C[C@H]2OC(C)=O. The summed E-state index contributed by atoms with van der Waals surface area (Å²) in [6.45, 7) is 15.5. The smallest absolute Gasteiger partial charge is 0.302 e. The van der Waals surface area contributed by atoms with Gasteiger partial charge in [-0.25, -0.2) is 0 Å². The van der Waals surface area contributed by atoms with Crippen LogP contribution < -0.4 is 5.32 Å². The number of carbonyl (C=O) groups excluding carboxylic acids is 2. The van der Waals surface area contributed by atoms with Gasteiger partial charge in [-0.05, 0) is 91.3 Å². The predicted molar refractivity (Wildman–Crippen MR) is 142 cm³/mol. The molecule has 1 N–H and O–H groups in total. The molecule has 35 heavy (non-hydrogen) atoms. The van der Waals surface area contributed by atoms with Crippen molar-refractivity contribution in [1.29, 1.82) is 0 Å². The minimum Gasteiger partial charge on any atom is -0.460 e. The van der Waals surface area contributed by atoms with Gasteiger partial charge < -0.3 is 10.1 Å². The van der Waals surface area contributed by atoms with Crippen molar-refractivity contribution >= 4 is 11.9 Å². The molecule has 0 heterocycles. The number of ether oxygens (including phenoxy) is 1. The molecule has 200 valence electrons. The molecule has 0 bridgehead atoms. The van der Waals surface area contributed by atoms with Gasteiger partial charge in [0.05, 0.1) is 5.54 Å². The van der Waals surface area contributed by atoms with E-state index < -0.39 is 5.54 Å². The maximum Gasteiger partial charge on any atom is 0.302 e. The zero-order chi connectivity index (χ0) is 25.6. The molecule has 4 fully saturated rings. The van der Waals surface area contributed by atoms with Crippen LogP contribution in [0.5, 0.6) is 0 Å². The first-order valence-electron chi connectivity index (χ1n) is 14.9. The molecule has 4 heteroatoms. The van der Waals surface area contributed by atoms with E-state index in [-0.39, 0.29) is 23.4 Å². The monoisotopic (exact) mass is 487 g/mol. The van der Waals surface area contributed by atoms with Crippen LogP contribution >= 0.6 is 0 Å². The van der Waals surface area contributed by atoms with Crippen molar-refractivity contribution in [2.24, 2.45) is 46.3 Å². The summed E-state index contributed by atoms with van der Waals surface area (Å²) in [4.78, 5) is 24.8. The van der Waals surface area contributed by atoms with Crippen molar-refractivity contribution in [2.45, 2.75) is 137 Å². The van der Waals surface area contributed by atoms with Crippen molar-refractivity contribution in [3.63, 3.8) is 0 Å². The Morgan fingerprint density at radius 2 is 1.66 bits per heavy atom. The first-order valence-corrected chi connectivity index (χ1v) is 14.9. The number of hydrogen-bond donors (Lipinski definition) is 1. The molecule has 4 saturated carbocycles. The van der Waals surface area contributed by atoms with Gasteiger partial charge in [-0.3, -0.25) is 9.59 Å². The first kappa shape index (κ1) is 27.0. The van der Waals surface area contributed by atoms with E-state index in [0.29, 0.717) is 23.2 Å². The summed E-state index contributed by atoms with van der Waals surface area (Å²) in [7, 11) is 0. The lowest BCUT2D eigenvalue weighted by atomic mass is 9.41. The Labute approximate surface area is 215 Å². The van der Waals surface area contributed by atoms with Crippen LogP contribution in [0.15, 0.2) is 0 Å². The van der Waals surface area contributed by atoms with Crippen LogP contribution in [0, 0.1) is 46.3 Å². The maximum atomic E-state index is 12.5. The van der Waals surface area contributed by atoms with E-state index in [0.717, 1.165) is 43.4 Å². The molecule has 0 aromatic carbocycles. The molecule has 0 saturated heterocycles. The summed E-state index contributed by atoms with van der Waals surface area (Å²) >= 11 is 0. The lowest BCUT2D eigenvalue weighted by molar-refractivity contribution is -0.202. The van der Waals surface area contributed by atoms with Crippen molar-refractivity contribution in [1.82, 2.24) is 5.32 Å². The van der Waals surface area contributed by atoms with Gasteiger partial charge in [-0.15, -0.1) is 0 Å². The average molecular weight is 488 g/mol. The van der Waals surface area contributed by atoms with Crippen LogP contribution in [-0.4, -0.2) is 23.5 Å². The summed E-state index contributed by atoms with van der Waals surface area (Å²) in [5.74, 6) is 4.13. The number of hydrogen-bond acceptors (Lipinski definition) is 3. The van der Waals surface area contributed by atoms with Crippen LogP contribution in [0.3, 0.4) is 0 Å². The van der Waals surface area contributed by atoms with Crippen molar-refractivity contribution in [3.8, 4) is 0 Å². The van der Waals surface area contributed by atoms with Crippen LogP contribution in [0.2, 0.25) is 0 Å². The third-order valence-electron chi connectivity index (χ3n) is 11.7. The average Bonchev–Trinajstić information content (AvgIpc) is 3.11. The van der Waals surface area contributed by atoms with Gasteiger partial charge in [0.25, 0.3) is 0 Å². The third kappa shape index (κ3) is 4.58. The number of rotatable bonds is 7. The molecule has 0 unspecified atom stereocenters. The lowest BCUT2D eigenvalue weighted by Crippen LogP contribution is -2.74. The molecule has 9 atom stereocenters. The number of nitrogens with one attached hydrogen (secondary N) is 1. The van der Waals surface area contributed by atoms with Crippen LogP contribution in [-0.2, 0) is 14.3 Å². The van der Waals surface area contributed by atoms with E-state index in [2.05, 4.69) is 39.9 Å². The molecule has 0 aromatic heterocycles. The van der Waals surface area contributed by atoms with Crippen LogP contribution in [0.25, 0.3) is 0 Å². The lowest BCUT2D eigenvalue weighted by Gasteiger charge is -2.67. The van der Waals surface area contributed by atoms with E-state index >= 15 is 0 Å². The van der Waals surface area contributed by atoms with Crippen molar-refractivity contribution in [2.75, 3.05) is 0 Å². The summed E-state index contributed by atoms with van der Waals surface area (Å²) in [6, 6.07) is 0. The van der Waals surface area contributed by atoms with E-state index in [1.54, 1.807) is 13.8 Å². The molecule has 4 nitrogen and oxygen atoms in total. The fourth-order valence-electron chi connectivity index (χ4n) is 10.3. The van der Waals surface area contributed by atoms with E-state index in [4.69, 9.17) is 4.74 Å². The Morgan fingerprint density at radius 1 is 0.943 bits per heavy atom. The van der Waals surface area contributed by atoms with Gasteiger partial charge in [-0.1, -0.05) is 66.7 Å². The Kier molecular flexibility index (Phi) is 7.72. The quantitative estimate of drug-likeness (QED) is 0.383. The van der Waals surface area contributed by atoms with E-state index in [9.17, 15) is 9.59 Å². The maximum absolute atomic E-state index is 12.5. The number of fused-ring (bicyclic) bond motifs is 5. The molecule has 1 amide bonds. The Balaban J connectivity index is 1.63.